The highest BCUT2D eigenvalue weighted by Gasteiger charge is 2.30. The lowest BCUT2D eigenvalue weighted by atomic mass is 9.82. The first kappa shape index (κ1) is 21.4. The molecule has 0 bridgehead atoms. The van der Waals surface area contributed by atoms with E-state index in [4.69, 9.17) is 11.6 Å². The van der Waals surface area contributed by atoms with Crippen molar-refractivity contribution in [1.82, 2.24) is 13.6 Å². The van der Waals surface area contributed by atoms with Crippen molar-refractivity contribution in [2.45, 2.75) is 30.6 Å². The standard InChI is InChI=1S/C22H21ClN4O3S2/c23-16-8-9-17(22(28)27-11-10-14-4-1-2-5-15(14)13-27)19(12-16)26-32(29,30)20-7-3-6-18-21(20)25-31-24-18/h3,5-9,12,14,26H,1-2,4,10-11,13H2. The van der Waals surface area contributed by atoms with Crippen LogP contribution < -0.4 is 4.72 Å². The highest BCUT2D eigenvalue weighted by atomic mass is 35.5. The van der Waals surface area contributed by atoms with Gasteiger partial charge in [0.15, 0.2) is 0 Å². The number of carbonyl (C=O) groups is 1. The molecule has 1 saturated heterocycles. The Bertz CT molecular complexity index is 1340. The predicted molar refractivity (Wildman–Crippen MR) is 126 cm³/mol. The topological polar surface area (TPSA) is 92.3 Å². The Morgan fingerprint density at radius 3 is 2.94 bits per heavy atom. The van der Waals surface area contributed by atoms with Gasteiger partial charge in [-0.25, -0.2) is 8.42 Å². The van der Waals surface area contributed by atoms with Gasteiger partial charge in [-0.05, 0) is 61.9 Å². The first-order valence-corrected chi connectivity index (χ1v) is 13.0. The van der Waals surface area contributed by atoms with Gasteiger partial charge in [-0.2, -0.15) is 8.75 Å². The van der Waals surface area contributed by atoms with E-state index >= 15 is 0 Å². The van der Waals surface area contributed by atoms with E-state index in [-0.39, 0.29) is 22.1 Å². The van der Waals surface area contributed by atoms with Gasteiger partial charge in [-0.15, -0.1) is 0 Å². The number of halogens is 1. The number of sulfonamides is 1. The highest BCUT2D eigenvalue weighted by molar-refractivity contribution is 7.93. The van der Waals surface area contributed by atoms with E-state index in [1.807, 2.05) is 0 Å². The first-order valence-electron chi connectivity index (χ1n) is 10.4. The molecule has 2 aromatic carbocycles. The predicted octanol–water partition coefficient (Wildman–Crippen LogP) is 4.72. The zero-order chi connectivity index (χ0) is 22.3. The Kier molecular flexibility index (Phi) is 5.65. The van der Waals surface area contributed by atoms with E-state index in [0.717, 1.165) is 24.6 Å². The Balaban J connectivity index is 1.47. The number of hydrogen-bond donors (Lipinski definition) is 1. The molecule has 2 heterocycles. The zero-order valence-electron chi connectivity index (χ0n) is 17.1. The Hall–Kier alpha value is -2.49. The average Bonchev–Trinajstić information content (AvgIpc) is 3.27. The van der Waals surface area contributed by atoms with Crippen molar-refractivity contribution in [1.29, 1.82) is 0 Å². The number of fused-ring (bicyclic) bond motifs is 2. The van der Waals surface area contributed by atoms with Gasteiger partial charge in [-0.3, -0.25) is 9.52 Å². The first-order chi connectivity index (χ1) is 15.4. The summed E-state index contributed by atoms with van der Waals surface area (Å²) < 4.78 is 37.2. The van der Waals surface area contributed by atoms with Crippen LogP contribution in [0.2, 0.25) is 5.02 Å². The minimum atomic E-state index is -4.02. The molecular weight excluding hydrogens is 468 g/mol. The van der Waals surface area contributed by atoms with Crippen molar-refractivity contribution < 1.29 is 13.2 Å². The molecule has 1 aliphatic carbocycles. The van der Waals surface area contributed by atoms with Crippen LogP contribution in [0.3, 0.4) is 0 Å². The van der Waals surface area contributed by atoms with Gasteiger partial charge in [-0.1, -0.05) is 29.3 Å². The number of allylic oxidation sites excluding steroid dienone is 1. The van der Waals surface area contributed by atoms with E-state index < -0.39 is 10.0 Å². The molecule has 10 heteroatoms. The second kappa shape index (κ2) is 8.46. The zero-order valence-corrected chi connectivity index (χ0v) is 19.5. The summed E-state index contributed by atoms with van der Waals surface area (Å²) in [5.74, 6) is 0.348. The average molecular weight is 489 g/mol. The molecule has 7 nitrogen and oxygen atoms in total. The molecule has 1 atom stereocenters. The summed E-state index contributed by atoms with van der Waals surface area (Å²) >= 11 is 7.11. The molecule has 0 saturated carbocycles. The summed E-state index contributed by atoms with van der Waals surface area (Å²) in [7, 11) is -4.02. The van der Waals surface area contributed by atoms with Crippen molar-refractivity contribution in [3.05, 3.63) is 58.6 Å². The molecular formula is C22H21ClN4O3S2. The summed E-state index contributed by atoms with van der Waals surface area (Å²) in [6, 6.07) is 9.44. The van der Waals surface area contributed by atoms with Crippen LogP contribution in [-0.2, 0) is 10.0 Å². The molecule has 0 radical (unpaired) electrons. The van der Waals surface area contributed by atoms with Crippen LogP contribution in [0.15, 0.2) is 52.9 Å². The molecule has 1 unspecified atom stereocenters. The van der Waals surface area contributed by atoms with Crippen LogP contribution in [0.5, 0.6) is 0 Å². The number of piperidine rings is 1. The number of benzene rings is 2. The quantitative estimate of drug-likeness (QED) is 0.536. The Morgan fingerprint density at radius 2 is 2.06 bits per heavy atom. The molecule has 0 spiro atoms. The fourth-order valence-corrected chi connectivity index (χ4v) is 6.48. The number of amides is 1. The third kappa shape index (κ3) is 4.00. The number of carbonyl (C=O) groups excluding carboxylic acids is 1. The second-order valence-electron chi connectivity index (χ2n) is 8.11. The lowest BCUT2D eigenvalue weighted by Crippen LogP contribution is -2.40. The van der Waals surface area contributed by atoms with E-state index in [1.165, 1.54) is 30.5 Å². The van der Waals surface area contributed by atoms with Crippen molar-refractivity contribution in [3.8, 4) is 0 Å². The number of nitrogens with zero attached hydrogens (tertiary/aromatic N) is 3. The van der Waals surface area contributed by atoms with Crippen molar-refractivity contribution in [3.63, 3.8) is 0 Å². The summed E-state index contributed by atoms with van der Waals surface area (Å²) in [5.41, 5.74) is 2.55. The van der Waals surface area contributed by atoms with Crippen molar-refractivity contribution in [2.75, 3.05) is 17.8 Å². The molecule has 1 amide bonds. The van der Waals surface area contributed by atoms with Crippen molar-refractivity contribution >= 4 is 56.0 Å². The lowest BCUT2D eigenvalue weighted by molar-refractivity contribution is 0.0731. The van der Waals surface area contributed by atoms with Gasteiger partial charge >= 0.3 is 0 Å². The maximum absolute atomic E-state index is 13.4. The molecule has 3 aromatic rings. The summed E-state index contributed by atoms with van der Waals surface area (Å²) in [6.07, 6.45) is 6.62. The minimum Gasteiger partial charge on any atom is -0.335 e. The third-order valence-electron chi connectivity index (χ3n) is 6.09. The fraction of sp³-hybridized carbons (Fsp3) is 0.318. The lowest BCUT2D eigenvalue weighted by Gasteiger charge is -2.36. The fourth-order valence-electron chi connectivity index (χ4n) is 4.47. The van der Waals surface area contributed by atoms with Crippen LogP contribution in [0, 0.1) is 5.92 Å². The van der Waals surface area contributed by atoms with Gasteiger partial charge in [0.1, 0.15) is 15.9 Å². The summed E-state index contributed by atoms with van der Waals surface area (Å²) in [6.45, 7) is 1.24. The second-order valence-corrected chi connectivity index (χ2v) is 10.7. The van der Waals surface area contributed by atoms with E-state index in [1.54, 1.807) is 29.2 Å². The Labute approximate surface area is 195 Å². The molecule has 2 aliphatic rings. The van der Waals surface area contributed by atoms with Gasteiger partial charge in [0.25, 0.3) is 15.9 Å². The monoisotopic (exact) mass is 488 g/mol. The van der Waals surface area contributed by atoms with E-state index in [2.05, 4.69) is 19.5 Å². The largest absolute Gasteiger partial charge is 0.335 e. The van der Waals surface area contributed by atoms with Crippen molar-refractivity contribution in [2.24, 2.45) is 5.92 Å². The van der Waals surface area contributed by atoms with Gasteiger partial charge in [0, 0.05) is 18.1 Å². The highest BCUT2D eigenvalue weighted by Crippen LogP contribution is 2.34. The SMILES string of the molecule is O=C(c1ccc(Cl)cc1NS(=O)(=O)c1cccc2nsnc12)N1CCC2CCCC=C2C1. The molecule has 32 heavy (non-hydrogen) atoms. The minimum absolute atomic E-state index is 0.00954. The van der Waals surface area contributed by atoms with Crippen LogP contribution in [-0.4, -0.2) is 41.1 Å². The van der Waals surface area contributed by atoms with Crippen LogP contribution >= 0.6 is 23.3 Å². The third-order valence-corrected chi connectivity index (χ3v) is 8.27. The number of rotatable bonds is 4. The van der Waals surface area contributed by atoms with Crippen LogP contribution in [0.1, 0.15) is 36.0 Å². The maximum Gasteiger partial charge on any atom is 0.264 e. The number of anilines is 1. The van der Waals surface area contributed by atoms with E-state index in [0.29, 0.717) is 35.1 Å². The van der Waals surface area contributed by atoms with Crippen LogP contribution in [0.25, 0.3) is 11.0 Å². The molecule has 1 fully saturated rings. The van der Waals surface area contributed by atoms with Gasteiger partial charge < -0.3 is 4.90 Å². The molecule has 5 rings (SSSR count). The Morgan fingerprint density at radius 1 is 1.19 bits per heavy atom. The molecule has 1 aliphatic heterocycles. The summed E-state index contributed by atoms with van der Waals surface area (Å²) in [5, 5.41) is 0.335. The maximum atomic E-state index is 13.4. The molecule has 1 N–H and O–H groups in total. The van der Waals surface area contributed by atoms with Crippen LogP contribution in [0.4, 0.5) is 5.69 Å². The number of aromatic nitrogens is 2. The van der Waals surface area contributed by atoms with Gasteiger partial charge in [0.05, 0.1) is 23.0 Å². The molecule has 166 valence electrons. The normalized spacial score (nSPS) is 18.8. The smallest absolute Gasteiger partial charge is 0.264 e. The van der Waals surface area contributed by atoms with E-state index in [9.17, 15) is 13.2 Å². The van der Waals surface area contributed by atoms with Gasteiger partial charge in [0.2, 0.25) is 0 Å². The molecule has 1 aromatic heterocycles. The number of likely N-dealkylation sites (tertiary alicyclic amines) is 1. The number of nitrogens with one attached hydrogen (secondary N) is 1. The number of hydrogen-bond acceptors (Lipinski definition) is 6. The summed E-state index contributed by atoms with van der Waals surface area (Å²) in [4.78, 5) is 15.2.